The number of ether oxygens (including phenoxy) is 2. The second-order valence-electron chi connectivity index (χ2n) is 5.11. The molecular weight excluding hydrogens is 280 g/mol. The Bertz CT molecular complexity index is 625. The van der Waals surface area contributed by atoms with Gasteiger partial charge in [-0.2, -0.15) is 0 Å². The lowest BCUT2D eigenvalue weighted by Gasteiger charge is -2.14. The van der Waals surface area contributed by atoms with Crippen molar-refractivity contribution in [3.05, 3.63) is 54.2 Å². The van der Waals surface area contributed by atoms with Gasteiger partial charge in [0.05, 0.1) is 11.7 Å². The average Bonchev–Trinajstić information content (AvgIpc) is 3.07. The molecule has 1 amide bonds. The predicted molar refractivity (Wildman–Crippen MR) is 83.1 cm³/mol. The maximum absolute atomic E-state index is 12.4. The number of carbonyl (C=O) groups is 1. The van der Waals surface area contributed by atoms with Crippen LogP contribution in [0.5, 0.6) is 5.75 Å². The normalized spacial score (nSPS) is 17.2. The lowest BCUT2D eigenvalue weighted by Crippen LogP contribution is -2.19. The fourth-order valence-electron chi connectivity index (χ4n) is 2.36. The van der Waals surface area contributed by atoms with Crippen molar-refractivity contribution in [2.45, 2.75) is 18.9 Å². The fraction of sp³-hybridized carbons (Fsp3) is 0.294. The van der Waals surface area contributed by atoms with E-state index in [0.29, 0.717) is 23.7 Å². The molecule has 114 valence electrons. The number of anilines is 1. The zero-order valence-corrected chi connectivity index (χ0v) is 12.2. The summed E-state index contributed by atoms with van der Waals surface area (Å²) in [5.41, 5.74) is 0.492. The highest BCUT2D eigenvalue weighted by Gasteiger charge is 2.18. The molecule has 0 radical (unpaired) electrons. The quantitative estimate of drug-likeness (QED) is 0.922. The molecule has 1 atom stereocenters. The Morgan fingerprint density at radius 3 is 2.91 bits per heavy atom. The predicted octanol–water partition coefficient (Wildman–Crippen LogP) is 2.89. The molecule has 1 aliphatic rings. The minimum absolute atomic E-state index is 0.118. The average molecular weight is 298 g/mol. The SMILES string of the molecule is O=C(Nc1ccccn1)c1ccccc1OCC1CCCO1. The van der Waals surface area contributed by atoms with Gasteiger partial charge in [0.2, 0.25) is 0 Å². The maximum atomic E-state index is 12.4. The van der Waals surface area contributed by atoms with Crippen molar-refractivity contribution < 1.29 is 14.3 Å². The molecule has 5 heteroatoms. The number of carbonyl (C=O) groups excluding carboxylic acids is 1. The second kappa shape index (κ2) is 7.04. The number of hydrogen-bond acceptors (Lipinski definition) is 4. The van der Waals surface area contributed by atoms with E-state index in [-0.39, 0.29) is 12.0 Å². The molecule has 2 aromatic rings. The molecular formula is C17H18N2O3. The van der Waals surface area contributed by atoms with Crippen LogP contribution in [0.3, 0.4) is 0 Å². The molecule has 3 rings (SSSR count). The summed E-state index contributed by atoms with van der Waals surface area (Å²) >= 11 is 0. The zero-order valence-electron chi connectivity index (χ0n) is 12.2. The van der Waals surface area contributed by atoms with E-state index in [2.05, 4.69) is 10.3 Å². The summed E-state index contributed by atoms with van der Waals surface area (Å²) in [5, 5.41) is 2.77. The third kappa shape index (κ3) is 3.62. The van der Waals surface area contributed by atoms with Gasteiger partial charge in [0.25, 0.3) is 5.91 Å². The van der Waals surface area contributed by atoms with Gasteiger partial charge in [-0.1, -0.05) is 18.2 Å². The monoisotopic (exact) mass is 298 g/mol. The molecule has 1 saturated heterocycles. The van der Waals surface area contributed by atoms with E-state index in [0.717, 1.165) is 19.4 Å². The number of hydrogen-bond donors (Lipinski definition) is 1. The van der Waals surface area contributed by atoms with Crippen LogP contribution >= 0.6 is 0 Å². The van der Waals surface area contributed by atoms with Gasteiger partial charge in [-0.15, -0.1) is 0 Å². The standard InChI is InChI=1S/C17H18N2O3/c20-17(19-16-9-3-4-10-18-16)14-7-1-2-8-15(14)22-12-13-6-5-11-21-13/h1-4,7-10,13H,5-6,11-12H2,(H,18,19,20). The molecule has 1 unspecified atom stereocenters. The number of amides is 1. The third-order valence-electron chi connectivity index (χ3n) is 3.49. The van der Waals surface area contributed by atoms with E-state index in [9.17, 15) is 4.79 Å². The summed E-state index contributed by atoms with van der Waals surface area (Å²) in [6, 6.07) is 12.6. The minimum Gasteiger partial charge on any atom is -0.490 e. The maximum Gasteiger partial charge on any atom is 0.260 e. The summed E-state index contributed by atoms with van der Waals surface area (Å²) in [4.78, 5) is 16.5. The Morgan fingerprint density at radius 2 is 2.14 bits per heavy atom. The van der Waals surface area contributed by atoms with Gasteiger partial charge < -0.3 is 14.8 Å². The Hall–Kier alpha value is -2.40. The number of pyridine rings is 1. The van der Waals surface area contributed by atoms with E-state index in [1.165, 1.54) is 0 Å². The first-order chi connectivity index (χ1) is 10.8. The van der Waals surface area contributed by atoms with Crippen LogP contribution in [0, 0.1) is 0 Å². The molecule has 0 bridgehead atoms. The number of nitrogens with one attached hydrogen (secondary N) is 1. The molecule has 1 N–H and O–H groups in total. The van der Waals surface area contributed by atoms with E-state index >= 15 is 0 Å². The van der Waals surface area contributed by atoms with Crippen LogP contribution in [0.1, 0.15) is 23.2 Å². The number of rotatable bonds is 5. The van der Waals surface area contributed by atoms with Crippen LogP contribution in [0.4, 0.5) is 5.82 Å². The third-order valence-corrected chi connectivity index (χ3v) is 3.49. The summed E-state index contributed by atoms with van der Waals surface area (Å²) in [6.07, 6.45) is 3.82. The number of benzene rings is 1. The summed E-state index contributed by atoms with van der Waals surface area (Å²) in [6.45, 7) is 1.25. The van der Waals surface area contributed by atoms with Crippen LogP contribution < -0.4 is 10.1 Å². The lowest BCUT2D eigenvalue weighted by molar-refractivity contribution is 0.0673. The van der Waals surface area contributed by atoms with Crippen LogP contribution in [-0.2, 0) is 4.74 Å². The van der Waals surface area contributed by atoms with Crippen molar-refractivity contribution in [1.29, 1.82) is 0 Å². The van der Waals surface area contributed by atoms with Gasteiger partial charge in [-0.3, -0.25) is 4.79 Å². The topological polar surface area (TPSA) is 60.5 Å². The Balaban J connectivity index is 1.68. The first kappa shape index (κ1) is 14.5. The molecule has 0 spiro atoms. The zero-order chi connectivity index (χ0) is 15.2. The molecule has 1 aliphatic heterocycles. The van der Waals surface area contributed by atoms with Gasteiger partial charge in [-0.05, 0) is 37.1 Å². The molecule has 22 heavy (non-hydrogen) atoms. The van der Waals surface area contributed by atoms with Crippen LogP contribution in [0.2, 0.25) is 0 Å². The van der Waals surface area contributed by atoms with E-state index in [1.54, 1.807) is 30.5 Å². The first-order valence-corrected chi connectivity index (χ1v) is 7.39. The molecule has 1 aromatic carbocycles. The Kier molecular flexibility index (Phi) is 4.65. The van der Waals surface area contributed by atoms with E-state index in [1.807, 2.05) is 18.2 Å². The van der Waals surface area contributed by atoms with Crippen molar-refractivity contribution in [3.63, 3.8) is 0 Å². The van der Waals surface area contributed by atoms with Crippen LogP contribution in [-0.4, -0.2) is 30.2 Å². The fourth-order valence-corrected chi connectivity index (χ4v) is 2.36. The first-order valence-electron chi connectivity index (χ1n) is 7.39. The van der Waals surface area contributed by atoms with Gasteiger partial charge >= 0.3 is 0 Å². The molecule has 5 nitrogen and oxygen atoms in total. The summed E-state index contributed by atoms with van der Waals surface area (Å²) < 4.78 is 11.3. The molecule has 0 saturated carbocycles. The highest BCUT2D eigenvalue weighted by Crippen LogP contribution is 2.21. The number of para-hydroxylation sites is 1. The highest BCUT2D eigenvalue weighted by molar-refractivity contribution is 6.05. The Morgan fingerprint density at radius 1 is 1.27 bits per heavy atom. The van der Waals surface area contributed by atoms with Crippen molar-refractivity contribution in [2.75, 3.05) is 18.5 Å². The number of nitrogens with zero attached hydrogens (tertiary/aromatic N) is 1. The van der Waals surface area contributed by atoms with Gasteiger partial charge in [0.15, 0.2) is 0 Å². The number of aromatic nitrogens is 1. The van der Waals surface area contributed by atoms with Gasteiger partial charge in [0.1, 0.15) is 18.2 Å². The highest BCUT2D eigenvalue weighted by atomic mass is 16.5. The summed E-state index contributed by atoms with van der Waals surface area (Å²) in [7, 11) is 0. The molecule has 1 aromatic heterocycles. The van der Waals surface area contributed by atoms with E-state index < -0.39 is 0 Å². The van der Waals surface area contributed by atoms with E-state index in [4.69, 9.17) is 9.47 Å². The smallest absolute Gasteiger partial charge is 0.260 e. The summed E-state index contributed by atoms with van der Waals surface area (Å²) in [5.74, 6) is 0.842. The van der Waals surface area contributed by atoms with Crippen LogP contribution in [0.25, 0.3) is 0 Å². The Labute approximate surface area is 129 Å². The lowest BCUT2D eigenvalue weighted by atomic mass is 10.2. The molecule has 1 fully saturated rings. The molecule has 2 heterocycles. The van der Waals surface area contributed by atoms with Crippen LogP contribution in [0.15, 0.2) is 48.7 Å². The van der Waals surface area contributed by atoms with Crippen molar-refractivity contribution >= 4 is 11.7 Å². The van der Waals surface area contributed by atoms with Gasteiger partial charge in [-0.25, -0.2) is 4.98 Å². The second-order valence-corrected chi connectivity index (χ2v) is 5.11. The largest absolute Gasteiger partial charge is 0.490 e. The van der Waals surface area contributed by atoms with Crippen molar-refractivity contribution in [2.24, 2.45) is 0 Å². The van der Waals surface area contributed by atoms with Gasteiger partial charge in [0, 0.05) is 12.8 Å². The molecule has 0 aliphatic carbocycles. The minimum atomic E-state index is -0.235. The van der Waals surface area contributed by atoms with Crippen molar-refractivity contribution in [1.82, 2.24) is 4.98 Å². The van der Waals surface area contributed by atoms with Crippen molar-refractivity contribution in [3.8, 4) is 5.75 Å².